The molecule has 0 aromatic carbocycles. The third kappa shape index (κ3) is 4.39. The van der Waals surface area contributed by atoms with E-state index in [0.717, 1.165) is 17.6 Å². The maximum absolute atomic E-state index is 12.7. The van der Waals surface area contributed by atoms with Crippen LogP contribution in [0.1, 0.15) is 54.0 Å². The number of aliphatic imine (C=N–C) groups is 1. The van der Waals surface area contributed by atoms with Crippen LogP contribution in [0, 0.1) is 11.3 Å². The fourth-order valence-corrected chi connectivity index (χ4v) is 4.66. The molecule has 2 aliphatic carbocycles. The van der Waals surface area contributed by atoms with Crippen molar-refractivity contribution in [3.63, 3.8) is 0 Å². The average molecular weight is 457 g/mol. The van der Waals surface area contributed by atoms with Gasteiger partial charge in [-0.05, 0) is 30.9 Å². The van der Waals surface area contributed by atoms with Gasteiger partial charge in [0, 0.05) is 17.8 Å². The standard InChI is InChI=1S/C27H30N4O.C2H6/c1-20-9-8-11-22(13-12-20)27(5)26(4,23-10-6-7-14-25(2,3)15-23)30-24(31(27)19-32)21-16-28-18-29-17-21;1-2/h6-20H,1-5H3;1-2H3/t20?,26-,27+;/m0./s1. The highest BCUT2D eigenvalue weighted by molar-refractivity contribution is 6.07. The summed E-state index contributed by atoms with van der Waals surface area (Å²) in [6.45, 7) is 14.7. The molecule has 1 unspecified atom stereocenters. The van der Waals surface area contributed by atoms with Crippen molar-refractivity contribution in [3.05, 3.63) is 96.2 Å². The van der Waals surface area contributed by atoms with Crippen LogP contribution in [0.4, 0.5) is 0 Å². The third-order valence-corrected chi connectivity index (χ3v) is 6.75. The summed E-state index contributed by atoms with van der Waals surface area (Å²) in [5, 5.41) is 0. The lowest BCUT2D eigenvalue weighted by Crippen LogP contribution is -2.58. The van der Waals surface area contributed by atoms with E-state index in [4.69, 9.17) is 4.99 Å². The van der Waals surface area contributed by atoms with Crippen LogP contribution in [-0.4, -0.2) is 38.2 Å². The topological polar surface area (TPSA) is 58.5 Å². The molecule has 0 N–H and O–H groups in total. The molecule has 2 heterocycles. The number of aromatic nitrogens is 2. The zero-order valence-electron chi connectivity index (χ0n) is 21.4. The van der Waals surface area contributed by atoms with Crippen LogP contribution in [0.15, 0.2) is 95.6 Å². The van der Waals surface area contributed by atoms with Gasteiger partial charge in [0.2, 0.25) is 6.41 Å². The second-order valence-electron chi connectivity index (χ2n) is 9.55. The summed E-state index contributed by atoms with van der Waals surface area (Å²) < 4.78 is 0. The Morgan fingerprint density at radius 2 is 1.65 bits per heavy atom. The van der Waals surface area contributed by atoms with Gasteiger partial charge in [0.25, 0.3) is 0 Å². The summed E-state index contributed by atoms with van der Waals surface area (Å²) >= 11 is 0. The summed E-state index contributed by atoms with van der Waals surface area (Å²) in [6, 6.07) is 0. The normalized spacial score (nSPS) is 29.3. The Balaban J connectivity index is 0.00000158. The number of hydrogen-bond donors (Lipinski definition) is 0. The molecule has 178 valence electrons. The lowest BCUT2D eigenvalue weighted by molar-refractivity contribution is -0.117. The summed E-state index contributed by atoms with van der Waals surface area (Å²) in [6.07, 6.45) is 27.0. The number of amides is 1. The lowest BCUT2D eigenvalue weighted by atomic mass is 9.68. The van der Waals surface area contributed by atoms with Crippen molar-refractivity contribution in [2.75, 3.05) is 0 Å². The molecule has 5 nitrogen and oxygen atoms in total. The van der Waals surface area contributed by atoms with E-state index in [1.807, 2.05) is 13.8 Å². The van der Waals surface area contributed by atoms with E-state index in [1.54, 1.807) is 17.3 Å². The van der Waals surface area contributed by atoms with Gasteiger partial charge in [-0.3, -0.25) is 14.7 Å². The second kappa shape index (κ2) is 9.88. The molecule has 3 atom stereocenters. The molecule has 1 aromatic rings. The smallest absolute Gasteiger partial charge is 0.216 e. The van der Waals surface area contributed by atoms with Gasteiger partial charge in [-0.15, -0.1) is 0 Å². The van der Waals surface area contributed by atoms with Crippen molar-refractivity contribution in [2.24, 2.45) is 16.3 Å². The third-order valence-electron chi connectivity index (χ3n) is 6.75. The second-order valence-corrected chi connectivity index (χ2v) is 9.55. The highest BCUT2D eigenvalue weighted by Crippen LogP contribution is 2.50. The first-order chi connectivity index (χ1) is 16.2. The van der Waals surface area contributed by atoms with Crippen molar-refractivity contribution in [3.8, 4) is 0 Å². The van der Waals surface area contributed by atoms with Crippen LogP contribution in [0.2, 0.25) is 0 Å². The summed E-state index contributed by atoms with van der Waals surface area (Å²) in [5.41, 5.74) is 1.15. The molecule has 5 heteroatoms. The predicted molar refractivity (Wildman–Crippen MR) is 140 cm³/mol. The number of carbonyl (C=O) groups is 1. The van der Waals surface area contributed by atoms with Crippen LogP contribution in [-0.2, 0) is 4.79 Å². The SMILES string of the molecule is CC.CC1C=CC=C([C@@]2(C)N(C=O)C(c3cncnc3)=N[C@@]2(C)C2=CC(C)(C)C=CC=C2)C=C1. The molecule has 4 rings (SSSR count). The quantitative estimate of drug-likeness (QED) is 0.522. The van der Waals surface area contributed by atoms with Crippen LogP contribution >= 0.6 is 0 Å². The lowest BCUT2D eigenvalue weighted by Gasteiger charge is -2.45. The minimum absolute atomic E-state index is 0.148. The zero-order chi connectivity index (χ0) is 25.0. The molecule has 34 heavy (non-hydrogen) atoms. The first-order valence-corrected chi connectivity index (χ1v) is 12.0. The summed E-state index contributed by atoms with van der Waals surface area (Å²) in [5.74, 6) is 0.887. The maximum atomic E-state index is 12.7. The minimum Gasteiger partial charge on any atom is -0.286 e. The van der Waals surface area contributed by atoms with Crippen LogP contribution in [0.3, 0.4) is 0 Å². The van der Waals surface area contributed by atoms with E-state index in [-0.39, 0.29) is 5.41 Å². The van der Waals surface area contributed by atoms with E-state index in [1.165, 1.54) is 6.33 Å². The summed E-state index contributed by atoms with van der Waals surface area (Å²) in [4.78, 5) is 28.0. The monoisotopic (exact) mass is 456 g/mol. The Hall–Kier alpha value is -3.34. The number of carbonyl (C=O) groups excluding carboxylic acids is 1. The van der Waals surface area contributed by atoms with Gasteiger partial charge in [0.1, 0.15) is 23.2 Å². The molecular weight excluding hydrogens is 420 g/mol. The fraction of sp³-hybridized carbons (Fsp3) is 0.379. The van der Waals surface area contributed by atoms with E-state index in [2.05, 4.69) is 105 Å². The molecule has 0 radical (unpaired) electrons. The number of rotatable bonds is 4. The Kier molecular flexibility index (Phi) is 7.35. The Labute approximate surface area is 204 Å². The molecule has 0 saturated heterocycles. The van der Waals surface area contributed by atoms with Crippen molar-refractivity contribution in [2.45, 2.75) is 59.5 Å². The first-order valence-electron chi connectivity index (χ1n) is 12.0. The van der Waals surface area contributed by atoms with Gasteiger partial charge < -0.3 is 0 Å². The van der Waals surface area contributed by atoms with Crippen LogP contribution in [0.25, 0.3) is 0 Å². The van der Waals surface area contributed by atoms with E-state index < -0.39 is 11.1 Å². The van der Waals surface area contributed by atoms with Crippen LogP contribution in [0.5, 0.6) is 0 Å². The number of amidine groups is 1. The van der Waals surface area contributed by atoms with Crippen molar-refractivity contribution >= 4 is 12.2 Å². The number of allylic oxidation sites excluding steroid dienone is 8. The highest BCUT2D eigenvalue weighted by atomic mass is 16.1. The van der Waals surface area contributed by atoms with Gasteiger partial charge >= 0.3 is 0 Å². The fourth-order valence-electron chi connectivity index (χ4n) is 4.66. The van der Waals surface area contributed by atoms with Gasteiger partial charge in [-0.25, -0.2) is 9.97 Å². The molecule has 1 aliphatic heterocycles. The summed E-state index contributed by atoms with van der Waals surface area (Å²) in [7, 11) is 0. The Morgan fingerprint density at radius 1 is 0.941 bits per heavy atom. The van der Waals surface area contributed by atoms with E-state index in [9.17, 15) is 4.79 Å². The molecule has 1 aromatic heterocycles. The molecule has 1 amide bonds. The highest BCUT2D eigenvalue weighted by Gasteiger charge is 2.58. The van der Waals surface area contributed by atoms with Crippen molar-refractivity contribution in [1.82, 2.24) is 14.9 Å². The van der Waals surface area contributed by atoms with Gasteiger partial charge in [0.15, 0.2) is 0 Å². The number of nitrogens with zero attached hydrogens (tertiary/aromatic N) is 4. The van der Waals surface area contributed by atoms with E-state index in [0.29, 0.717) is 17.3 Å². The molecule has 0 fully saturated rings. The maximum Gasteiger partial charge on any atom is 0.216 e. The van der Waals surface area contributed by atoms with Gasteiger partial charge in [-0.1, -0.05) is 95.4 Å². The Bertz CT molecular complexity index is 1120. The van der Waals surface area contributed by atoms with Crippen LogP contribution < -0.4 is 0 Å². The molecule has 0 bridgehead atoms. The van der Waals surface area contributed by atoms with E-state index >= 15 is 0 Å². The number of hydrogen-bond acceptors (Lipinski definition) is 4. The predicted octanol–water partition coefficient (Wildman–Crippen LogP) is 6.01. The van der Waals surface area contributed by atoms with Crippen molar-refractivity contribution < 1.29 is 4.79 Å². The first kappa shape index (κ1) is 25.3. The molecule has 0 saturated carbocycles. The largest absolute Gasteiger partial charge is 0.286 e. The minimum atomic E-state index is -0.762. The van der Waals surface area contributed by atoms with Gasteiger partial charge in [0.05, 0.1) is 5.56 Å². The van der Waals surface area contributed by atoms with Gasteiger partial charge in [-0.2, -0.15) is 0 Å². The van der Waals surface area contributed by atoms with Crippen molar-refractivity contribution in [1.29, 1.82) is 0 Å². The Morgan fingerprint density at radius 3 is 2.32 bits per heavy atom. The molecular formula is C29H36N4O. The molecule has 0 spiro atoms. The molecule has 3 aliphatic rings. The average Bonchev–Trinajstić information content (AvgIpc) is 3.02. The zero-order valence-corrected chi connectivity index (χ0v) is 21.4.